The van der Waals surface area contributed by atoms with Crippen LogP contribution in [0.3, 0.4) is 0 Å². The minimum Gasteiger partial charge on any atom is -0.493 e. The number of hydrogen-bond donors (Lipinski definition) is 1. The van der Waals surface area contributed by atoms with E-state index in [9.17, 15) is 9.90 Å². The third kappa shape index (κ3) is 3.06. The lowest BCUT2D eigenvalue weighted by Crippen LogP contribution is -2.47. The Morgan fingerprint density at radius 2 is 1.93 bits per heavy atom. The molecule has 1 fully saturated rings. The summed E-state index contributed by atoms with van der Waals surface area (Å²) in [4.78, 5) is 14.6. The van der Waals surface area contributed by atoms with Gasteiger partial charge < -0.3 is 9.84 Å². The molecule has 0 bridgehead atoms. The number of nitrogens with zero attached hydrogens (tertiary/aromatic N) is 3. The number of rotatable bonds is 3. The van der Waals surface area contributed by atoms with Crippen LogP contribution in [0.1, 0.15) is 36.5 Å². The summed E-state index contributed by atoms with van der Waals surface area (Å²) < 4.78 is 9.00. The summed E-state index contributed by atoms with van der Waals surface area (Å²) in [5.74, 6) is 0.957. The summed E-state index contributed by atoms with van der Waals surface area (Å²) in [6.45, 7) is 4.57. The highest BCUT2D eigenvalue weighted by atomic mass is 16.5. The summed E-state index contributed by atoms with van der Waals surface area (Å²) in [5, 5.41) is 11.4. The zero-order valence-corrected chi connectivity index (χ0v) is 17.9. The van der Waals surface area contributed by atoms with Crippen molar-refractivity contribution in [2.75, 3.05) is 13.2 Å². The first-order chi connectivity index (χ1) is 14.4. The van der Waals surface area contributed by atoms with E-state index in [2.05, 4.69) is 30.0 Å². The fraction of sp³-hybridized carbons (Fsp3) is 0.458. The fourth-order valence-electron chi connectivity index (χ4n) is 5.13. The molecule has 1 aromatic heterocycles. The standard InChI is InChI=1S/C24H29N3O3/c1-16-14-24(29,19-5-7-22-18(13-19)8-11-30-22)9-10-27(16)15-17-4-6-20-21(12-17)26(3)23(28)25(20)2/h4-7,12-13,16,29H,8-11,14-15H2,1-3H3/t16-,24+/m0/s1. The molecule has 30 heavy (non-hydrogen) atoms. The van der Waals surface area contributed by atoms with Crippen LogP contribution in [0, 0.1) is 0 Å². The van der Waals surface area contributed by atoms with Crippen LogP contribution in [0.25, 0.3) is 11.0 Å². The van der Waals surface area contributed by atoms with Crippen LogP contribution in [-0.2, 0) is 32.7 Å². The lowest BCUT2D eigenvalue weighted by Gasteiger charge is -2.43. The molecule has 158 valence electrons. The Morgan fingerprint density at radius 1 is 1.13 bits per heavy atom. The molecule has 2 atom stereocenters. The average Bonchev–Trinajstić information content (AvgIpc) is 3.29. The molecule has 1 N–H and O–H groups in total. The Bertz CT molecular complexity index is 1180. The quantitative estimate of drug-likeness (QED) is 0.725. The third-order valence-electron chi connectivity index (χ3n) is 7.02. The van der Waals surface area contributed by atoms with Gasteiger partial charge in [0.2, 0.25) is 0 Å². The lowest BCUT2D eigenvalue weighted by molar-refractivity contribution is -0.0502. The molecule has 0 unspecified atom stereocenters. The number of ether oxygens (including phenoxy) is 1. The third-order valence-corrected chi connectivity index (χ3v) is 7.02. The van der Waals surface area contributed by atoms with Crippen molar-refractivity contribution in [2.24, 2.45) is 14.1 Å². The number of benzene rings is 2. The molecule has 5 rings (SSSR count). The number of aliphatic hydroxyl groups is 1. The van der Waals surface area contributed by atoms with Crippen molar-refractivity contribution >= 4 is 11.0 Å². The molecule has 0 aliphatic carbocycles. The maximum absolute atomic E-state index is 12.2. The van der Waals surface area contributed by atoms with Crippen molar-refractivity contribution in [3.63, 3.8) is 0 Å². The van der Waals surface area contributed by atoms with Gasteiger partial charge in [-0.15, -0.1) is 0 Å². The predicted molar refractivity (Wildman–Crippen MR) is 117 cm³/mol. The fourth-order valence-corrected chi connectivity index (χ4v) is 5.13. The zero-order valence-electron chi connectivity index (χ0n) is 17.9. The molecule has 0 amide bonds. The van der Waals surface area contributed by atoms with Gasteiger partial charge in [0.25, 0.3) is 0 Å². The lowest BCUT2D eigenvalue weighted by atomic mass is 9.80. The first-order valence-electron chi connectivity index (χ1n) is 10.7. The number of aromatic nitrogens is 2. The van der Waals surface area contributed by atoms with E-state index in [0.717, 1.165) is 48.5 Å². The predicted octanol–water partition coefficient (Wildman–Crippen LogP) is 2.68. The monoisotopic (exact) mass is 407 g/mol. The van der Waals surface area contributed by atoms with E-state index >= 15 is 0 Å². The Balaban J connectivity index is 1.34. The maximum Gasteiger partial charge on any atom is 0.328 e. The van der Waals surface area contributed by atoms with E-state index in [-0.39, 0.29) is 11.7 Å². The van der Waals surface area contributed by atoms with Crippen LogP contribution >= 0.6 is 0 Å². The van der Waals surface area contributed by atoms with Gasteiger partial charge in [-0.2, -0.15) is 0 Å². The van der Waals surface area contributed by atoms with Gasteiger partial charge in [0.1, 0.15) is 5.75 Å². The zero-order chi connectivity index (χ0) is 21.0. The maximum atomic E-state index is 12.2. The summed E-state index contributed by atoms with van der Waals surface area (Å²) in [5.41, 5.74) is 4.53. The molecular weight excluding hydrogens is 378 g/mol. The normalized spacial score (nSPS) is 24.2. The van der Waals surface area contributed by atoms with Gasteiger partial charge in [0.05, 0.1) is 23.2 Å². The van der Waals surface area contributed by atoms with Crippen molar-refractivity contribution in [1.29, 1.82) is 0 Å². The molecule has 3 aromatic rings. The van der Waals surface area contributed by atoms with Crippen LogP contribution in [0.15, 0.2) is 41.2 Å². The highest BCUT2D eigenvalue weighted by molar-refractivity contribution is 5.76. The van der Waals surface area contributed by atoms with Gasteiger partial charge in [-0.25, -0.2) is 4.79 Å². The Kier molecular flexibility index (Phi) is 4.52. The molecule has 6 nitrogen and oxygen atoms in total. The number of piperidine rings is 1. The number of hydrogen-bond acceptors (Lipinski definition) is 4. The molecule has 0 spiro atoms. The van der Waals surface area contributed by atoms with Crippen molar-refractivity contribution < 1.29 is 9.84 Å². The van der Waals surface area contributed by atoms with E-state index in [1.165, 1.54) is 11.1 Å². The number of aryl methyl sites for hydroxylation is 2. The number of likely N-dealkylation sites (tertiary alicyclic amines) is 1. The van der Waals surface area contributed by atoms with E-state index < -0.39 is 5.60 Å². The van der Waals surface area contributed by atoms with E-state index in [0.29, 0.717) is 12.8 Å². The first-order valence-corrected chi connectivity index (χ1v) is 10.7. The molecule has 2 aliphatic heterocycles. The average molecular weight is 408 g/mol. The molecular formula is C24H29N3O3. The molecule has 2 aliphatic rings. The van der Waals surface area contributed by atoms with Gasteiger partial charge in [0, 0.05) is 39.6 Å². The van der Waals surface area contributed by atoms with Gasteiger partial charge in [-0.1, -0.05) is 12.1 Å². The SMILES string of the molecule is C[C@H]1C[C@@](O)(c2ccc3c(c2)CCO3)CCN1Cc1ccc2c(c1)n(C)c(=O)n2C. The second-order valence-corrected chi connectivity index (χ2v) is 8.95. The van der Waals surface area contributed by atoms with Crippen molar-refractivity contribution in [1.82, 2.24) is 14.0 Å². The van der Waals surface area contributed by atoms with Crippen LogP contribution in [0.4, 0.5) is 0 Å². The number of imidazole rings is 1. The largest absolute Gasteiger partial charge is 0.493 e. The Hall–Kier alpha value is -2.57. The van der Waals surface area contributed by atoms with Crippen LogP contribution < -0.4 is 10.4 Å². The van der Waals surface area contributed by atoms with Gasteiger partial charge in [0.15, 0.2) is 0 Å². The topological polar surface area (TPSA) is 59.6 Å². The molecule has 0 radical (unpaired) electrons. The highest BCUT2D eigenvalue weighted by Crippen LogP contribution is 2.39. The Morgan fingerprint density at radius 3 is 2.73 bits per heavy atom. The van der Waals surface area contributed by atoms with E-state index in [1.807, 2.05) is 32.3 Å². The second kappa shape index (κ2) is 7.00. The summed E-state index contributed by atoms with van der Waals surface area (Å²) in [6.07, 6.45) is 2.34. The van der Waals surface area contributed by atoms with Gasteiger partial charge in [-0.3, -0.25) is 14.0 Å². The van der Waals surface area contributed by atoms with E-state index in [1.54, 1.807) is 9.13 Å². The Labute approximate surface area is 176 Å². The number of fused-ring (bicyclic) bond motifs is 2. The first kappa shape index (κ1) is 19.4. The summed E-state index contributed by atoms with van der Waals surface area (Å²) in [6, 6.07) is 12.7. The van der Waals surface area contributed by atoms with Crippen molar-refractivity contribution in [3.8, 4) is 5.75 Å². The summed E-state index contributed by atoms with van der Waals surface area (Å²) in [7, 11) is 3.63. The molecule has 0 saturated carbocycles. The van der Waals surface area contributed by atoms with Crippen LogP contribution in [-0.4, -0.2) is 38.3 Å². The smallest absolute Gasteiger partial charge is 0.328 e. The van der Waals surface area contributed by atoms with Crippen molar-refractivity contribution in [3.05, 3.63) is 63.6 Å². The molecule has 1 saturated heterocycles. The van der Waals surface area contributed by atoms with E-state index in [4.69, 9.17) is 4.74 Å². The molecule has 3 heterocycles. The minimum absolute atomic E-state index is 0.00157. The van der Waals surface area contributed by atoms with Gasteiger partial charge >= 0.3 is 5.69 Å². The van der Waals surface area contributed by atoms with Crippen LogP contribution in [0.2, 0.25) is 0 Å². The molecule has 2 aromatic carbocycles. The highest BCUT2D eigenvalue weighted by Gasteiger charge is 2.38. The van der Waals surface area contributed by atoms with Gasteiger partial charge in [-0.05, 0) is 60.7 Å². The second-order valence-electron chi connectivity index (χ2n) is 8.95. The molecule has 6 heteroatoms. The minimum atomic E-state index is -0.791. The van der Waals surface area contributed by atoms with Crippen molar-refractivity contribution in [2.45, 2.75) is 44.4 Å². The van der Waals surface area contributed by atoms with Crippen LogP contribution in [0.5, 0.6) is 5.75 Å². The summed E-state index contributed by atoms with van der Waals surface area (Å²) >= 11 is 0.